The van der Waals surface area contributed by atoms with Crippen molar-refractivity contribution in [2.75, 3.05) is 17.3 Å². The van der Waals surface area contributed by atoms with Crippen molar-refractivity contribution in [2.45, 2.75) is 44.3 Å². The highest BCUT2D eigenvalue weighted by molar-refractivity contribution is 6.11. The monoisotopic (exact) mass is 420 g/mol. The number of carbonyl (C=O) groups is 2. The molecule has 0 aliphatic heterocycles. The van der Waals surface area contributed by atoms with E-state index in [4.69, 9.17) is 0 Å². The van der Waals surface area contributed by atoms with E-state index in [1.165, 1.54) is 30.3 Å². The number of aromatic carboxylic acids is 1. The molecule has 0 spiro atoms. The molecule has 0 saturated heterocycles. The van der Waals surface area contributed by atoms with Crippen molar-refractivity contribution >= 4 is 23.3 Å². The molecule has 160 valence electrons. The molecule has 2 aromatic carbocycles. The summed E-state index contributed by atoms with van der Waals surface area (Å²) >= 11 is 0. The Labute approximate surface area is 172 Å². The predicted octanol–water partition coefficient (Wildman–Crippen LogP) is 5.42. The van der Waals surface area contributed by atoms with Crippen molar-refractivity contribution in [3.8, 4) is 0 Å². The maximum absolute atomic E-state index is 13.3. The minimum Gasteiger partial charge on any atom is -0.478 e. The Morgan fingerprint density at radius 2 is 1.67 bits per heavy atom. The summed E-state index contributed by atoms with van der Waals surface area (Å²) in [6, 6.07) is 9.00. The van der Waals surface area contributed by atoms with Crippen LogP contribution in [0.3, 0.4) is 0 Å². The number of carboxylic acid groups (broad SMARTS) is 1. The molecule has 30 heavy (non-hydrogen) atoms. The van der Waals surface area contributed by atoms with Gasteiger partial charge in [0.2, 0.25) is 0 Å². The fourth-order valence-corrected chi connectivity index (χ4v) is 3.84. The topological polar surface area (TPSA) is 69.6 Å². The van der Waals surface area contributed by atoms with Crippen LogP contribution < -0.4 is 10.2 Å². The number of nitrogens with zero attached hydrogens (tertiary/aromatic N) is 1. The van der Waals surface area contributed by atoms with E-state index >= 15 is 0 Å². The smallest absolute Gasteiger partial charge is 0.416 e. The molecule has 0 radical (unpaired) electrons. The zero-order valence-electron chi connectivity index (χ0n) is 16.5. The molecule has 5 nitrogen and oxygen atoms in total. The second kappa shape index (κ2) is 8.77. The average Bonchev–Trinajstić information content (AvgIpc) is 2.73. The van der Waals surface area contributed by atoms with Crippen LogP contribution in [0, 0.1) is 0 Å². The fourth-order valence-electron chi connectivity index (χ4n) is 3.84. The first-order valence-corrected chi connectivity index (χ1v) is 9.76. The first-order valence-electron chi connectivity index (χ1n) is 9.76. The van der Waals surface area contributed by atoms with Gasteiger partial charge in [-0.15, -0.1) is 0 Å². The number of halogens is 3. The van der Waals surface area contributed by atoms with Crippen LogP contribution in [0.4, 0.5) is 24.5 Å². The Bertz CT molecular complexity index is 937. The number of benzene rings is 2. The van der Waals surface area contributed by atoms with E-state index in [0.717, 1.165) is 44.2 Å². The van der Waals surface area contributed by atoms with Crippen LogP contribution in [-0.4, -0.2) is 30.1 Å². The third-order valence-electron chi connectivity index (χ3n) is 5.48. The number of carboxylic acids is 1. The second-order valence-corrected chi connectivity index (χ2v) is 7.44. The highest BCUT2D eigenvalue weighted by atomic mass is 19.4. The molecular formula is C22H23F3N2O3. The van der Waals surface area contributed by atoms with Crippen LogP contribution in [0.1, 0.15) is 58.4 Å². The van der Waals surface area contributed by atoms with Crippen molar-refractivity contribution in [3.05, 3.63) is 59.2 Å². The Balaban J connectivity index is 1.98. The van der Waals surface area contributed by atoms with Gasteiger partial charge in [0.1, 0.15) is 0 Å². The van der Waals surface area contributed by atoms with Crippen LogP contribution in [0.2, 0.25) is 0 Å². The largest absolute Gasteiger partial charge is 0.478 e. The van der Waals surface area contributed by atoms with Gasteiger partial charge in [0, 0.05) is 13.1 Å². The van der Waals surface area contributed by atoms with Gasteiger partial charge in [-0.1, -0.05) is 31.4 Å². The average molecular weight is 420 g/mol. The molecule has 1 amide bonds. The standard InChI is InChI=1S/C22H23F3N2O3/c1-27(15-7-3-2-4-8-15)19-12-11-14(22(23,24)25)13-18(19)26-20(28)16-9-5-6-10-17(16)21(29)30/h5-6,9-13,15H,2-4,7-8H2,1H3,(H,26,28)(H,29,30). The Hall–Kier alpha value is -3.03. The predicted molar refractivity (Wildman–Crippen MR) is 108 cm³/mol. The lowest BCUT2D eigenvalue weighted by Crippen LogP contribution is -2.34. The third-order valence-corrected chi connectivity index (χ3v) is 5.48. The van der Waals surface area contributed by atoms with Gasteiger partial charge in [0.15, 0.2) is 0 Å². The van der Waals surface area contributed by atoms with Crippen LogP contribution in [0.15, 0.2) is 42.5 Å². The summed E-state index contributed by atoms with van der Waals surface area (Å²) in [5.41, 5.74) is -0.748. The van der Waals surface area contributed by atoms with Gasteiger partial charge in [0.25, 0.3) is 5.91 Å². The minimum atomic E-state index is -4.57. The van der Waals surface area contributed by atoms with Gasteiger partial charge >= 0.3 is 12.1 Å². The Morgan fingerprint density at radius 3 is 2.27 bits per heavy atom. The van der Waals surface area contributed by atoms with Gasteiger partial charge in [-0.25, -0.2) is 4.79 Å². The summed E-state index contributed by atoms with van der Waals surface area (Å²) in [6.07, 6.45) is 0.499. The normalized spacial score (nSPS) is 14.9. The molecule has 0 atom stereocenters. The van der Waals surface area contributed by atoms with Crippen molar-refractivity contribution < 1.29 is 27.9 Å². The summed E-state index contributed by atoms with van der Waals surface area (Å²) in [5, 5.41) is 11.8. The molecule has 0 heterocycles. The van der Waals surface area contributed by atoms with Gasteiger partial charge in [-0.3, -0.25) is 4.79 Å². The molecule has 1 saturated carbocycles. The maximum atomic E-state index is 13.3. The van der Waals surface area contributed by atoms with E-state index in [1.54, 1.807) is 7.05 Å². The number of rotatable bonds is 5. The lowest BCUT2D eigenvalue weighted by Gasteiger charge is -2.34. The number of carbonyl (C=O) groups excluding carboxylic acids is 1. The number of hydrogen-bond donors (Lipinski definition) is 2. The van der Waals surface area contributed by atoms with E-state index in [9.17, 15) is 27.9 Å². The van der Waals surface area contributed by atoms with Crippen molar-refractivity contribution in [3.63, 3.8) is 0 Å². The SMILES string of the molecule is CN(c1ccc(C(F)(F)F)cc1NC(=O)c1ccccc1C(=O)O)C1CCCCC1. The highest BCUT2D eigenvalue weighted by Crippen LogP contribution is 2.37. The summed E-state index contributed by atoms with van der Waals surface area (Å²) in [7, 11) is 1.80. The van der Waals surface area contributed by atoms with Crippen LogP contribution in [0.5, 0.6) is 0 Å². The number of anilines is 2. The van der Waals surface area contributed by atoms with Crippen LogP contribution in [-0.2, 0) is 6.18 Å². The van der Waals surface area contributed by atoms with E-state index < -0.39 is 23.6 Å². The summed E-state index contributed by atoms with van der Waals surface area (Å²) in [5.74, 6) is -2.06. The molecular weight excluding hydrogens is 397 g/mol. The molecule has 3 rings (SSSR count). The van der Waals surface area contributed by atoms with Crippen molar-refractivity contribution in [2.24, 2.45) is 0 Å². The Morgan fingerprint density at radius 1 is 1.03 bits per heavy atom. The zero-order chi connectivity index (χ0) is 21.9. The number of nitrogens with one attached hydrogen (secondary N) is 1. The zero-order valence-corrected chi connectivity index (χ0v) is 16.5. The minimum absolute atomic E-state index is 0.00286. The molecule has 1 aliphatic carbocycles. The van der Waals surface area contributed by atoms with Crippen molar-refractivity contribution in [1.82, 2.24) is 0 Å². The molecule has 0 unspecified atom stereocenters. The van der Waals surface area contributed by atoms with Crippen LogP contribution >= 0.6 is 0 Å². The van der Waals surface area contributed by atoms with Gasteiger partial charge in [-0.05, 0) is 43.2 Å². The summed E-state index contributed by atoms with van der Waals surface area (Å²) < 4.78 is 39.8. The quantitative estimate of drug-likeness (QED) is 0.677. The van der Waals surface area contributed by atoms with E-state index in [2.05, 4.69) is 5.32 Å². The maximum Gasteiger partial charge on any atom is 0.416 e. The molecule has 0 aromatic heterocycles. The van der Waals surface area contributed by atoms with Gasteiger partial charge < -0.3 is 15.3 Å². The second-order valence-electron chi connectivity index (χ2n) is 7.44. The molecule has 2 aromatic rings. The van der Waals surface area contributed by atoms with Crippen LogP contribution in [0.25, 0.3) is 0 Å². The lowest BCUT2D eigenvalue weighted by molar-refractivity contribution is -0.137. The number of hydrogen-bond acceptors (Lipinski definition) is 3. The fraction of sp³-hybridized carbons (Fsp3) is 0.364. The summed E-state index contributed by atoms with van der Waals surface area (Å²) in [6.45, 7) is 0. The molecule has 1 fully saturated rings. The summed E-state index contributed by atoms with van der Waals surface area (Å²) in [4.78, 5) is 26.1. The first-order chi connectivity index (χ1) is 14.2. The van der Waals surface area contributed by atoms with E-state index in [-0.39, 0.29) is 22.9 Å². The van der Waals surface area contributed by atoms with Gasteiger partial charge in [-0.2, -0.15) is 13.2 Å². The van der Waals surface area contributed by atoms with Gasteiger partial charge in [0.05, 0.1) is 28.1 Å². The van der Waals surface area contributed by atoms with E-state index in [1.807, 2.05) is 4.90 Å². The highest BCUT2D eigenvalue weighted by Gasteiger charge is 2.32. The number of amides is 1. The third kappa shape index (κ3) is 4.75. The first kappa shape index (κ1) is 21.7. The molecule has 0 bridgehead atoms. The molecule has 1 aliphatic rings. The lowest BCUT2D eigenvalue weighted by atomic mass is 9.94. The number of alkyl halides is 3. The molecule has 2 N–H and O–H groups in total. The Kier molecular flexibility index (Phi) is 6.34. The van der Waals surface area contributed by atoms with Crippen molar-refractivity contribution in [1.29, 1.82) is 0 Å². The van der Waals surface area contributed by atoms with E-state index in [0.29, 0.717) is 5.69 Å². The molecule has 8 heteroatoms.